The van der Waals surface area contributed by atoms with E-state index in [0.29, 0.717) is 5.75 Å². The van der Waals surface area contributed by atoms with Gasteiger partial charge in [0.05, 0.1) is 6.10 Å². The lowest BCUT2D eigenvalue weighted by molar-refractivity contribution is -0.128. The lowest BCUT2D eigenvalue weighted by atomic mass is 9.89. The number of fused-ring (bicyclic) bond motifs is 1. The Morgan fingerprint density at radius 1 is 1.43 bits per heavy atom. The normalized spacial score (nSPS) is 19.6. The van der Waals surface area contributed by atoms with E-state index in [2.05, 4.69) is 5.32 Å². The van der Waals surface area contributed by atoms with Gasteiger partial charge in [-0.2, -0.15) is 0 Å². The summed E-state index contributed by atoms with van der Waals surface area (Å²) >= 11 is 0. The Kier molecular flexibility index (Phi) is 4.57. The molecule has 0 saturated heterocycles. The molecule has 1 aliphatic carbocycles. The second kappa shape index (κ2) is 6.06. The summed E-state index contributed by atoms with van der Waals surface area (Å²) < 4.78 is 5.71. The topological polar surface area (TPSA) is 58.6 Å². The van der Waals surface area contributed by atoms with Crippen LogP contribution in [0.2, 0.25) is 0 Å². The van der Waals surface area contributed by atoms with Crippen LogP contribution in [0.25, 0.3) is 0 Å². The second-order valence-corrected chi connectivity index (χ2v) is 6.77. The number of amides is 1. The van der Waals surface area contributed by atoms with Gasteiger partial charge in [0.2, 0.25) is 0 Å². The Labute approximate surface area is 126 Å². The quantitative estimate of drug-likeness (QED) is 0.900. The van der Waals surface area contributed by atoms with Crippen molar-refractivity contribution in [2.24, 2.45) is 0 Å². The summed E-state index contributed by atoms with van der Waals surface area (Å²) in [5.41, 5.74) is 1.83. The second-order valence-electron chi connectivity index (χ2n) is 6.77. The van der Waals surface area contributed by atoms with Gasteiger partial charge < -0.3 is 15.2 Å². The number of nitrogens with one attached hydrogen (secondary N) is 1. The molecule has 2 atom stereocenters. The largest absolute Gasteiger partial charge is 0.481 e. The van der Waals surface area contributed by atoms with E-state index in [1.54, 1.807) is 6.92 Å². The van der Waals surface area contributed by atoms with Gasteiger partial charge in [-0.15, -0.1) is 0 Å². The van der Waals surface area contributed by atoms with Crippen LogP contribution in [0.1, 0.15) is 57.8 Å². The molecule has 1 aromatic carbocycles. The van der Waals surface area contributed by atoms with Crippen molar-refractivity contribution < 1.29 is 14.6 Å². The maximum atomic E-state index is 12.0. The molecular weight excluding hydrogens is 266 g/mol. The molecule has 2 rings (SSSR count). The van der Waals surface area contributed by atoms with Crippen molar-refractivity contribution >= 4 is 5.91 Å². The molecule has 0 fully saturated rings. The Morgan fingerprint density at radius 3 is 2.81 bits per heavy atom. The van der Waals surface area contributed by atoms with Gasteiger partial charge in [0.1, 0.15) is 5.75 Å². The van der Waals surface area contributed by atoms with Gasteiger partial charge in [-0.25, -0.2) is 0 Å². The molecule has 0 aliphatic heterocycles. The molecule has 0 bridgehead atoms. The van der Waals surface area contributed by atoms with E-state index in [4.69, 9.17) is 4.74 Å². The number of rotatable bonds is 3. The summed E-state index contributed by atoms with van der Waals surface area (Å²) in [4.78, 5) is 12.0. The lowest BCUT2D eigenvalue weighted by Crippen LogP contribution is -2.46. The van der Waals surface area contributed by atoms with Crippen molar-refractivity contribution in [1.29, 1.82) is 0 Å². The Morgan fingerprint density at radius 2 is 2.14 bits per heavy atom. The van der Waals surface area contributed by atoms with E-state index in [9.17, 15) is 9.90 Å². The molecule has 2 N–H and O–H groups in total. The third kappa shape index (κ3) is 4.21. The van der Waals surface area contributed by atoms with Crippen molar-refractivity contribution in [3.63, 3.8) is 0 Å². The fourth-order valence-corrected chi connectivity index (χ4v) is 2.55. The summed E-state index contributed by atoms with van der Waals surface area (Å²) in [5.74, 6) is 0.493. The van der Waals surface area contributed by atoms with E-state index < -0.39 is 12.2 Å². The zero-order chi connectivity index (χ0) is 15.6. The third-order valence-electron chi connectivity index (χ3n) is 3.58. The number of aryl methyl sites for hydroxylation is 1. The first kappa shape index (κ1) is 15.8. The maximum Gasteiger partial charge on any atom is 0.261 e. The van der Waals surface area contributed by atoms with E-state index in [0.717, 1.165) is 24.8 Å². The van der Waals surface area contributed by atoms with Crippen molar-refractivity contribution in [3.8, 4) is 5.75 Å². The van der Waals surface area contributed by atoms with Gasteiger partial charge in [0.15, 0.2) is 6.10 Å². The number of hydrogen-bond acceptors (Lipinski definition) is 3. The molecule has 1 aromatic rings. The number of carbonyl (C=O) groups excluding carboxylic acids is 1. The third-order valence-corrected chi connectivity index (χ3v) is 3.58. The molecule has 116 valence electrons. The average molecular weight is 291 g/mol. The first-order valence-electron chi connectivity index (χ1n) is 7.56. The summed E-state index contributed by atoms with van der Waals surface area (Å²) in [6, 6.07) is 5.72. The molecule has 1 amide bonds. The van der Waals surface area contributed by atoms with Crippen LogP contribution in [-0.2, 0) is 11.2 Å². The van der Waals surface area contributed by atoms with Gasteiger partial charge in [-0.1, -0.05) is 6.07 Å². The maximum absolute atomic E-state index is 12.0. The van der Waals surface area contributed by atoms with Crippen LogP contribution in [0.4, 0.5) is 0 Å². The van der Waals surface area contributed by atoms with E-state index >= 15 is 0 Å². The van der Waals surface area contributed by atoms with E-state index in [-0.39, 0.29) is 11.4 Å². The van der Waals surface area contributed by atoms with Gasteiger partial charge in [0.25, 0.3) is 5.91 Å². The lowest BCUT2D eigenvalue weighted by Gasteiger charge is -2.25. The minimum atomic E-state index is -0.567. The van der Waals surface area contributed by atoms with Gasteiger partial charge >= 0.3 is 0 Å². The van der Waals surface area contributed by atoms with Crippen molar-refractivity contribution in [1.82, 2.24) is 5.32 Å². The van der Waals surface area contributed by atoms with E-state index in [1.807, 2.05) is 39.0 Å². The highest BCUT2D eigenvalue weighted by molar-refractivity contribution is 5.81. The molecule has 2 unspecified atom stereocenters. The molecule has 1 aliphatic rings. The van der Waals surface area contributed by atoms with Gasteiger partial charge in [-0.05, 0) is 70.2 Å². The molecule has 0 radical (unpaired) electrons. The predicted octanol–water partition coefficient (Wildman–Crippen LogP) is 2.74. The zero-order valence-electron chi connectivity index (χ0n) is 13.3. The number of ether oxygens (including phenoxy) is 1. The van der Waals surface area contributed by atoms with Gasteiger partial charge in [-0.3, -0.25) is 4.79 Å². The van der Waals surface area contributed by atoms with Crippen LogP contribution >= 0.6 is 0 Å². The number of hydrogen-bond donors (Lipinski definition) is 2. The first-order valence-corrected chi connectivity index (χ1v) is 7.56. The molecule has 21 heavy (non-hydrogen) atoms. The number of aliphatic hydroxyl groups is 1. The summed E-state index contributed by atoms with van der Waals surface area (Å²) in [6.07, 6.45) is 1.81. The zero-order valence-corrected chi connectivity index (χ0v) is 13.3. The highest BCUT2D eigenvalue weighted by Crippen LogP contribution is 2.32. The van der Waals surface area contributed by atoms with Crippen LogP contribution in [0, 0.1) is 0 Å². The van der Waals surface area contributed by atoms with Crippen LogP contribution < -0.4 is 10.1 Å². The Balaban J connectivity index is 2.06. The van der Waals surface area contributed by atoms with Crippen molar-refractivity contribution in [3.05, 3.63) is 29.3 Å². The smallest absolute Gasteiger partial charge is 0.261 e. The van der Waals surface area contributed by atoms with Gasteiger partial charge in [0, 0.05) is 5.54 Å². The molecule has 4 nitrogen and oxygen atoms in total. The molecule has 0 heterocycles. The number of aliphatic hydroxyl groups excluding tert-OH is 1. The van der Waals surface area contributed by atoms with Crippen molar-refractivity contribution in [2.75, 3.05) is 0 Å². The van der Waals surface area contributed by atoms with Crippen LogP contribution in [0.3, 0.4) is 0 Å². The Bertz CT molecular complexity index is 519. The standard InChI is InChI=1S/C17H25NO3/c1-11(16(20)18-17(2,3)4)21-13-9-8-12-6-5-7-15(19)14(12)10-13/h8-11,15,19H,5-7H2,1-4H3,(H,18,20). The minimum Gasteiger partial charge on any atom is -0.481 e. The Hall–Kier alpha value is -1.55. The monoisotopic (exact) mass is 291 g/mol. The van der Waals surface area contributed by atoms with Crippen LogP contribution in [-0.4, -0.2) is 22.7 Å². The fourth-order valence-electron chi connectivity index (χ4n) is 2.55. The fraction of sp³-hybridized carbons (Fsp3) is 0.588. The molecule has 0 saturated carbocycles. The summed E-state index contributed by atoms with van der Waals surface area (Å²) in [6.45, 7) is 7.55. The molecule has 4 heteroatoms. The average Bonchev–Trinajstić information content (AvgIpc) is 2.37. The molecule has 0 aromatic heterocycles. The highest BCUT2D eigenvalue weighted by Gasteiger charge is 2.22. The number of benzene rings is 1. The van der Waals surface area contributed by atoms with E-state index in [1.165, 1.54) is 5.56 Å². The SMILES string of the molecule is CC(Oc1ccc2c(c1)C(O)CCC2)C(=O)NC(C)(C)C. The first-order chi connectivity index (χ1) is 9.76. The summed E-state index contributed by atoms with van der Waals surface area (Å²) in [7, 11) is 0. The predicted molar refractivity (Wildman–Crippen MR) is 82.3 cm³/mol. The molecule has 0 spiro atoms. The molecular formula is C17H25NO3. The summed E-state index contributed by atoms with van der Waals surface area (Å²) in [5, 5.41) is 12.9. The highest BCUT2D eigenvalue weighted by atomic mass is 16.5. The minimum absolute atomic E-state index is 0.138. The number of carbonyl (C=O) groups is 1. The van der Waals surface area contributed by atoms with Crippen LogP contribution in [0.5, 0.6) is 5.75 Å². The van der Waals surface area contributed by atoms with Crippen molar-refractivity contribution in [2.45, 2.75) is 64.7 Å². The van der Waals surface area contributed by atoms with Crippen LogP contribution in [0.15, 0.2) is 18.2 Å².